The van der Waals surface area contributed by atoms with E-state index in [1.807, 2.05) is 0 Å². The number of amides is 2. The van der Waals surface area contributed by atoms with Gasteiger partial charge in [0.05, 0.1) is 12.0 Å². The molecule has 3 rings (SSSR count). The quantitative estimate of drug-likeness (QED) is 0.823. The number of hydrogen-bond acceptors (Lipinski definition) is 3. The average molecular weight is 296 g/mol. The number of aliphatic carboxylic acids is 1. The second kappa shape index (κ2) is 5.83. The largest absolute Gasteiger partial charge is 0.481 e. The number of carboxylic acid groups (broad SMARTS) is 1. The zero-order valence-electron chi connectivity index (χ0n) is 12.5. The molecule has 2 N–H and O–H groups in total. The van der Waals surface area contributed by atoms with Crippen LogP contribution in [-0.4, -0.2) is 54.4 Å². The fraction of sp³-hybridized carbons (Fsp3) is 0.867. The summed E-state index contributed by atoms with van der Waals surface area (Å²) in [5, 5.41) is 12.4. The van der Waals surface area contributed by atoms with E-state index in [2.05, 4.69) is 5.32 Å². The molecular formula is C15H24N2O4. The highest BCUT2D eigenvalue weighted by Crippen LogP contribution is 2.48. The molecule has 118 valence electrons. The van der Waals surface area contributed by atoms with Crippen molar-refractivity contribution in [3.8, 4) is 0 Å². The van der Waals surface area contributed by atoms with Gasteiger partial charge in [-0.1, -0.05) is 0 Å². The smallest absolute Gasteiger partial charge is 0.317 e. The summed E-state index contributed by atoms with van der Waals surface area (Å²) in [5.74, 6) is -0.592. The molecule has 1 aliphatic heterocycles. The number of piperidine rings is 1. The van der Waals surface area contributed by atoms with Crippen molar-refractivity contribution in [2.45, 2.75) is 44.2 Å². The van der Waals surface area contributed by atoms with Crippen LogP contribution in [0.1, 0.15) is 32.1 Å². The highest BCUT2D eigenvalue weighted by Gasteiger charge is 2.51. The standard InChI is InChI=1S/C15H24N2O4/c1-21-11-3-2-6-17(8-11)15(20)16-13-10-5-4-9(7-10)12(13)14(18)19/h9-13H,2-8H2,1H3,(H,16,20)(H,18,19). The fourth-order valence-corrected chi connectivity index (χ4v) is 4.40. The van der Waals surface area contributed by atoms with Crippen LogP contribution in [0.5, 0.6) is 0 Å². The lowest BCUT2D eigenvalue weighted by Gasteiger charge is -2.35. The van der Waals surface area contributed by atoms with E-state index in [-0.39, 0.29) is 24.1 Å². The fourth-order valence-electron chi connectivity index (χ4n) is 4.40. The molecule has 3 fully saturated rings. The van der Waals surface area contributed by atoms with Crippen LogP contribution in [-0.2, 0) is 9.53 Å². The third-order valence-electron chi connectivity index (χ3n) is 5.49. The summed E-state index contributed by atoms with van der Waals surface area (Å²) < 4.78 is 5.33. The maximum absolute atomic E-state index is 12.4. The van der Waals surface area contributed by atoms with Crippen molar-refractivity contribution in [2.24, 2.45) is 17.8 Å². The molecule has 0 radical (unpaired) electrons. The normalized spacial score (nSPS) is 38.5. The van der Waals surface area contributed by atoms with Gasteiger partial charge in [0.2, 0.25) is 0 Å². The SMILES string of the molecule is COC1CCCN(C(=O)NC2C3CCC(C3)C2C(=O)O)C1. The second-order valence-electron chi connectivity index (χ2n) is 6.62. The minimum absolute atomic E-state index is 0.0970. The third-order valence-corrected chi connectivity index (χ3v) is 5.49. The molecule has 0 spiro atoms. The van der Waals surface area contributed by atoms with Crippen LogP contribution in [0.3, 0.4) is 0 Å². The van der Waals surface area contributed by atoms with Gasteiger partial charge in [-0.3, -0.25) is 4.79 Å². The van der Waals surface area contributed by atoms with Crippen LogP contribution in [0.15, 0.2) is 0 Å². The van der Waals surface area contributed by atoms with Gasteiger partial charge in [0.15, 0.2) is 0 Å². The summed E-state index contributed by atoms with van der Waals surface area (Å²) in [5.41, 5.74) is 0. The van der Waals surface area contributed by atoms with E-state index >= 15 is 0 Å². The monoisotopic (exact) mass is 296 g/mol. The van der Waals surface area contributed by atoms with Crippen LogP contribution in [0.2, 0.25) is 0 Å². The first-order valence-electron chi connectivity index (χ1n) is 7.91. The number of hydrogen-bond donors (Lipinski definition) is 2. The van der Waals surface area contributed by atoms with E-state index in [1.54, 1.807) is 12.0 Å². The number of carbonyl (C=O) groups excluding carboxylic acids is 1. The lowest BCUT2D eigenvalue weighted by Crippen LogP contribution is -2.54. The minimum Gasteiger partial charge on any atom is -0.481 e. The number of nitrogens with zero attached hydrogens (tertiary/aromatic N) is 1. The molecule has 0 aromatic heterocycles. The number of carbonyl (C=O) groups is 2. The number of fused-ring (bicyclic) bond motifs is 2. The van der Waals surface area contributed by atoms with Crippen molar-refractivity contribution < 1.29 is 19.4 Å². The van der Waals surface area contributed by atoms with E-state index in [9.17, 15) is 14.7 Å². The van der Waals surface area contributed by atoms with E-state index in [1.165, 1.54) is 0 Å². The molecule has 0 aromatic carbocycles. The van der Waals surface area contributed by atoms with Gasteiger partial charge in [0.25, 0.3) is 0 Å². The predicted octanol–water partition coefficient (Wildman–Crippen LogP) is 1.31. The van der Waals surface area contributed by atoms with Crippen molar-refractivity contribution in [1.29, 1.82) is 0 Å². The Morgan fingerprint density at radius 2 is 2.00 bits per heavy atom. The van der Waals surface area contributed by atoms with Crippen LogP contribution >= 0.6 is 0 Å². The van der Waals surface area contributed by atoms with Gasteiger partial charge in [-0.05, 0) is 43.9 Å². The van der Waals surface area contributed by atoms with E-state index < -0.39 is 11.9 Å². The Morgan fingerprint density at radius 1 is 1.24 bits per heavy atom. The number of rotatable bonds is 3. The maximum Gasteiger partial charge on any atom is 0.317 e. The van der Waals surface area contributed by atoms with Crippen LogP contribution in [0, 0.1) is 17.8 Å². The van der Waals surface area contributed by atoms with Gasteiger partial charge in [-0.15, -0.1) is 0 Å². The zero-order chi connectivity index (χ0) is 15.0. The lowest BCUT2D eigenvalue weighted by atomic mass is 9.84. The van der Waals surface area contributed by atoms with Crippen molar-refractivity contribution in [1.82, 2.24) is 10.2 Å². The number of carboxylic acids is 1. The molecule has 1 saturated heterocycles. The Hall–Kier alpha value is -1.30. The molecule has 2 saturated carbocycles. The number of methoxy groups -OCH3 is 1. The van der Waals surface area contributed by atoms with Crippen molar-refractivity contribution in [2.75, 3.05) is 20.2 Å². The Morgan fingerprint density at radius 3 is 2.71 bits per heavy atom. The third kappa shape index (κ3) is 2.73. The van der Waals surface area contributed by atoms with Gasteiger partial charge in [-0.2, -0.15) is 0 Å². The average Bonchev–Trinajstić information content (AvgIpc) is 3.08. The summed E-state index contributed by atoms with van der Waals surface area (Å²) in [6.07, 6.45) is 4.99. The van der Waals surface area contributed by atoms with Crippen LogP contribution in [0.4, 0.5) is 4.79 Å². The minimum atomic E-state index is -0.763. The van der Waals surface area contributed by atoms with Gasteiger partial charge in [0.1, 0.15) is 0 Å². The van der Waals surface area contributed by atoms with Gasteiger partial charge >= 0.3 is 12.0 Å². The summed E-state index contributed by atoms with van der Waals surface area (Å²) in [6, 6.07) is -0.322. The van der Waals surface area contributed by atoms with E-state index in [0.29, 0.717) is 12.5 Å². The summed E-state index contributed by atoms with van der Waals surface area (Å²) >= 11 is 0. The first kappa shape index (κ1) is 14.6. The van der Waals surface area contributed by atoms with Crippen LogP contribution < -0.4 is 5.32 Å². The zero-order valence-corrected chi connectivity index (χ0v) is 12.5. The van der Waals surface area contributed by atoms with Gasteiger partial charge < -0.3 is 20.1 Å². The maximum atomic E-state index is 12.4. The van der Waals surface area contributed by atoms with Gasteiger partial charge in [-0.25, -0.2) is 4.79 Å². The molecule has 21 heavy (non-hydrogen) atoms. The highest BCUT2D eigenvalue weighted by molar-refractivity contribution is 5.77. The number of likely N-dealkylation sites (tertiary alicyclic amines) is 1. The number of nitrogens with one attached hydrogen (secondary N) is 1. The molecule has 2 bridgehead atoms. The van der Waals surface area contributed by atoms with E-state index in [4.69, 9.17) is 4.74 Å². The highest BCUT2D eigenvalue weighted by atomic mass is 16.5. The molecule has 0 aromatic rings. The molecule has 5 unspecified atom stereocenters. The van der Waals surface area contributed by atoms with Crippen molar-refractivity contribution in [3.05, 3.63) is 0 Å². The molecule has 2 aliphatic carbocycles. The number of urea groups is 1. The molecule has 6 heteroatoms. The molecule has 1 heterocycles. The number of ether oxygens (including phenoxy) is 1. The van der Waals surface area contributed by atoms with Gasteiger partial charge in [0, 0.05) is 26.2 Å². The molecule has 5 atom stereocenters. The first-order chi connectivity index (χ1) is 10.1. The van der Waals surface area contributed by atoms with Crippen molar-refractivity contribution >= 4 is 12.0 Å². The molecule has 3 aliphatic rings. The Bertz CT molecular complexity index is 428. The van der Waals surface area contributed by atoms with Crippen molar-refractivity contribution in [3.63, 3.8) is 0 Å². The lowest BCUT2D eigenvalue weighted by molar-refractivity contribution is -0.144. The first-order valence-corrected chi connectivity index (χ1v) is 7.91. The Kier molecular flexibility index (Phi) is 4.06. The van der Waals surface area contributed by atoms with E-state index in [0.717, 1.165) is 38.6 Å². The summed E-state index contributed by atoms with van der Waals surface area (Å²) in [7, 11) is 1.67. The predicted molar refractivity (Wildman–Crippen MR) is 75.9 cm³/mol. The Balaban J connectivity index is 1.62. The Labute approximate surface area is 124 Å². The second-order valence-corrected chi connectivity index (χ2v) is 6.62. The summed E-state index contributed by atoms with van der Waals surface area (Å²) in [6.45, 7) is 1.32. The molecule has 6 nitrogen and oxygen atoms in total. The topological polar surface area (TPSA) is 78.9 Å². The molecular weight excluding hydrogens is 272 g/mol. The molecule has 2 amide bonds. The van der Waals surface area contributed by atoms with Crippen LogP contribution in [0.25, 0.3) is 0 Å². The summed E-state index contributed by atoms with van der Waals surface area (Å²) in [4.78, 5) is 25.7.